The van der Waals surface area contributed by atoms with Gasteiger partial charge in [0.05, 0.1) is 4.90 Å². The zero-order valence-electron chi connectivity index (χ0n) is 10.8. The number of halogens is 2. The van der Waals surface area contributed by atoms with E-state index in [1.165, 1.54) is 12.1 Å². The summed E-state index contributed by atoms with van der Waals surface area (Å²) in [7, 11) is 0. The van der Waals surface area contributed by atoms with Crippen LogP contribution in [0.1, 0.15) is 16.7 Å². The highest BCUT2D eigenvalue weighted by atomic mass is 32.2. The van der Waals surface area contributed by atoms with Crippen molar-refractivity contribution in [2.75, 3.05) is 0 Å². The predicted octanol–water partition coefficient (Wildman–Crippen LogP) is 4.19. The fourth-order valence-electron chi connectivity index (χ4n) is 1.85. The summed E-state index contributed by atoms with van der Waals surface area (Å²) >= 11 is 1.10. The maximum absolute atomic E-state index is 13.9. The van der Waals surface area contributed by atoms with Gasteiger partial charge in [-0.25, -0.2) is 8.78 Å². The highest BCUT2D eigenvalue weighted by molar-refractivity contribution is 7.99. The van der Waals surface area contributed by atoms with Crippen molar-refractivity contribution in [2.24, 2.45) is 5.73 Å². The van der Waals surface area contributed by atoms with Crippen LogP contribution in [-0.4, -0.2) is 0 Å². The maximum atomic E-state index is 13.9. The molecule has 2 rings (SSSR count). The number of aryl methyl sites for hydroxylation is 2. The summed E-state index contributed by atoms with van der Waals surface area (Å²) in [4.78, 5) is 0.869. The van der Waals surface area contributed by atoms with Gasteiger partial charge in [-0.2, -0.15) is 0 Å². The lowest BCUT2D eigenvalue weighted by Gasteiger charge is -2.09. The van der Waals surface area contributed by atoms with Gasteiger partial charge in [0.25, 0.3) is 0 Å². The second kappa shape index (κ2) is 5.72. The van der Waals surface area contributed by atoms with Crippen LogP contribution in [0.4, 0.5) is 8.78 Å². The van der Waals surface area contributed by atoms with Crippen LogP contribution in [0.25, 0.3) is 0 Å². The molecule has 0 aliphatic heterocycles. The van der Waals surface area contributed by atoms with Crippen LogP contribution in [-0.2, 0) is 6.54 Å². The van der Waals surface area contributed by atoms with Gasteiger partial charge >= 0.3 is 0 Å². The molecule has 0 aromatic heterocycles. The third-order valence-corrected chi connectivity index (χ3v) is 4.11. The average molecular weight is 279 g/mol. The molecule has 0 aliphatic carbocycles. The van der Waals surface area contributed by atoms with E-state index in [0.29, 0.717) is 5.56 Å². The molecule has 0 spiro atoms. The van der Waals surface area contributed by atoms with Crippen LogP contribution >= 0.6 is 11.8 Å². The molecular formula is C15H15F2NS. The molecule has 0 atom stereocenters. The van der Waals surface area contributed by atoms with Crippen LogP contribution in [0, 0.1) is 25.5 Å². The third kappa shape index (κ3) is 3.14. The summed E-state index contributed by atoms with van der Waals surface area (Å²) in [6.45, 7) is 4.04. The Morgan fingerprint density at radius 1 is 1.05 bits per heavy atom. The molecule has 0 radical (unpaired) electrons. The molecule has 0 bridgehead atoms. The van der Waals surface area contributed by atoms with Gasteiger partial charge in [0.2, 0.25) is 0 Å². The van der Waals surface area contributed by atoms with Crippen LogP contribution in [0.15, 0.2) is 40.1 Å². The minimum absolute atomic E-state index is 0.0177. The first-order valence-electron chi connectivity index (χ1n) is 5.94. The topological polar surface area (TPSA) is 26.0 Å². The second-order valence-corrected chi connectivity index (χ2v) is 5.52. The Hall–Kier alpha value is -1.39. The minimum atomic E-state index is -0.564. The molecule has 0 saturated carbocycles. The molecule has 2 aromatic carbocycles. The summed E-state index contributed by atoms with van der Waals surface area (Å²) in [5.41, 5.74) is 7.98. The molecule has 0 amide bonds. The zero-order chi connectivity index (χ0) is 14.0. The molecule has 2 N–H and O–H groups in total. The van der Waals surface area contributed by atoms with Gasteiger partial charge in [-0.3, -0.25) is 0 Å². The number of nitrogens with two attached hydrogens (primary N) is 1. The maximum Gasteiger partial charge on any atom is 0.140 e. The molecule has 0 saturated heterocycles. The van der Waals surface area contributed by atoms with Crippen LogP contribution in [0.2, 0.25) is 0 Å². The Bertz CT molecular complexity index is 588. The molecule has 0 heterocycles. The lowest BCUT2D eigenvalue weighted by Crippen LogP contribution is -1.99. The van der Waals surface area contributed by atoms with Gasteiger partial charge in [-0.15, -0.1) is 0 Å². The van der Waals surface area contributed by atoms with Gasteiger partial charge in [0, 0.05) is 11.4 Å². The van der Waals surface area contributed by atoms with Crippen molar-refractivity contribution in [2.45, 2.75) is 30.2 Å². The zero-order valence-corrected chi connectivity index (χ0v) is 11.7. The quantitative estimate of drug-likeness (QED) is 0.911. The highest BCUT2D eigenvalue weighted by Gasteiger charge is 2.13. The summed E-state index contributed by atoms with van der Waals surface area (Å²) in [5.74, 6) is -1.13. The SMILES string of the molecule is Cc1ccc(Sc2c(F)cc(CN)cc2F)c(C)c1. The number of hydrogen-bond donors (Lipinski definition) is 1. The van der Waals surface area contributed by atoms with Crippen LogP contribution < -0.4 is 5.73 Å². The van der Waals surface area contributed by atoms with Crippen LogP contribution in [0.5, 0.6) is 0 Å². The van der Waals surface area contributed by atoms with Crippen LogP contribution in [0.3, 0.4) is 0 Å². The first kappa shape index (κ1) is 14.0. The monoisotopic (exact) mass is 279 g/mol. The minimum Gasteiger partial charge on any atom is -0.326 e. The molecule has 0 aliphatic rings. The second-order valence-electron chi connectivity index (χ2n) is 4.46. The normalized spacial score (nSPS) is 10.8. The van der Waals surface area contributed by atoms with Gasteiger partial charge in [-0.1, -0.05) is 29.5 Å². The van der Waals surface area contributed by atoms with Crippen molar-refractivity contribution in [1.29, 1.82) is 0 Å². The first-order chi connectivity index (χ1) is 9.01. The van der Waals surface area contributed by atoms with Gasteiger partial charge in [0.1, 0.15) is 11.6 Å². The van der Waals surface area contributed by atoms with E-state index in [2.05, 4.69) is 0 Å². The fourth-order valence-corrected chi connectivity index (χ4v) is 2.74. The average Bonchev–Trinajstić information content (AvgIpc) is 2.35. The summed E-state index contributed by atoms with van der Waals surface area (Å²) in [6.07, 6.45) is 0. The molecule has 4 heteroatoms. The molecule has 0 unspecified atom stereocenters. The molecule has 19 heavy (non-hydrogen) atoms. The molecule has 100 valence electrons. The largest absolute Gasteiger partial charge is 0.326 e. The van der Waals surface area contributed by atoms with E-state index in [1.54, 1.807) is 0 Å². The Morgan fingerprint density at radius 3 is 2.21 bits per heavy atom. The van der Waals surface area contributed by atoms with Crippen molar-refractivity contribution < 1.29 is 8.78 Å². The fraction of sp³-hybridized carbons (Fsp3) is 0.200. The molecule has 1 nitrogen and oxygen atoms in total. The highest BCUT2D eigenvalue weighted by Crippen LogP contribution is 2.34. The van der Waals surface area contributed by atoms with Gasteiger partial charge in [0.15, 0.2) is 0 Å². The molecule has 2 aromatic rings. The van der Waals surface area contributed by atoms with E-state index < -0.39 is 11.6 Å². The third-order valence-electron chi connectivity index (χ3n) is 2.84. The van der Waals surface area contributed by atoms with Crippen molar-refractivity contribution in [3.05, 3.63) is 58.7 Å². The van der Waals surface area contributed by atoms with E-state index in [4.69, 9.17) is 5.73 Å². The Morgan fingerprint density at radius 2 is 1.68 bits per heavy atom. The summed E-state index contributed by atoms with van der Waals surface area (Å²) in [5, 5.41) is 0. The van der Waals surface area contributed by atoms with E-state index in [0.717, 1.165) is 27.8 Å². The van der Waals surface area contributed by atoms with E-state index in [-0.39, 0.29) is 11.4 Å². The smallest absolute Gasteiger partial charge is 0.140 e. The molecule has 0 fully saturated rings. The predicted molar refractivity (Wildman–Crippen MR) is 74.3 cm³/mol. The van der Waals surface area contributed by atoms with E-state index in [9.17, 15) is 8.78 Å². The van der Waals surface area contributed by atoms with E-state index >= 15 is 0 Å². The number of hydrogen-bond acceptors (Lipinski definition) is 2. The van der Waals surface area contributed by atoms with E-state index in [1.807, 2.05) is 32.0 Å². The standard InChI is InChI=1S/C15H15F2NS/c1-9-3-4-14(10(2)5-9)19-15-12(16)6-11(8-18)7-13(15)17/h3-7H,8,18H2,1-2H3. The Labute approximate surface area is 115 Å². The lowest BCUT2D eigenvalue weighted by molar-refractivity contribution is 0.537. The number of benzene rings is 2. The summed E-state index contributed by atoms with van der Waals surface area (Å²) in [6, 6.07) is 8.38. The molecular weight excluding hydrogens is 264 g/mol. The van der Waals surface area contributed by atoms with Crippen molar-refractivity contribution in [1.82, 2.24) is 0 Å². The van der Waals surface area contributed by atoms with Crippen molar-refractivity contribution in [3.8, 4) is 0 Å². The first-order valence-corrected chi connectivity index (χ1v) is 6.76. The summed E-state index contributed by atoms with van der Waals surface area (Å²) < 4.78 is 27.8. The van der Waals surface area contributed by atoms with Crippen molar-refractivity contribution >= 4 is 11.8 Å². The Balaban J connectivity index is 2.38. The number of rotatable bonds is 3. The Kier molecular flexibility index (Phi) is 4.22. The van der Waals surface area contributed by atoms with Gasteiger partial charge in [-0.05, 0) is 43.2 Å². The van der Waals surface area contributed by atoms with Crippen molar-refractivity contribution in [3.63, 3.8) is 0 Å². The lowest BCUT2D eigenvalue weighted by atomic mass is 10.2. The van der Waals surface area contributed by atoms with Gasteiger partial charge < -0.3 is 5.73 Å².